The van der Waals surface area contributed by atoms with E-state index in [0.717, 1.165) is 0 Å². The molecule has 0 radical (unpaired) electrons. The van der Waals surface area contributed by atoms with Crippen LogP contribution in [0.3, 0.4) is 0 Å². The van der Waals surface area contributed by atoms with Gasteiger partial charge in [-0.3, -0.25) is 10.1 Å². The zero-order chi connectivity index (χ0) is 10.6. The molecule has 1 rings (SSSR count). The Kier molecular flexibility index (Phi) is 3.41. The standard InChI is InChI=1S/C9H12N2O3/c1-7(12)6-10-8-3-2-4-9(5-8)11(13)14/h2-5,7,10,12H,6H2,1H3. The summed E-state index contributed by atoms with van der Waals surface area (Å²) in [6.07, 6.45) is -0.478. The molecule has 0 aliphatic heterocycles. The molecule has 2 N–H and O–H groups in total. The summed E-state index contributed by atoms with van der Waals surface area (Å²) in [5.74, 6) is 0. The smallest absolute Gasteiger partial charge is 0.271 e. The minimum Gasteiger partial charge on any atom is -0.392 e. The Morgan fingerprint density at radius 2 is 2.36 bits per heavy atom. The number of hydrogen-bond acceptors (Lipinski definition) is 4. The number of anilines is 1. The fraction of sp³-hybridized carbons (Fsp3) is 0.333. The van der Waals surface area contributed by atoms with Gasteiger partial charge in [0.15, 0.2) is 0 Å². The Labute approximate surface area is 81.5 Å². The van der Waals surface area contributed by atoms with Crippen LogP contribution in [0.15, 0.2) is 24.3 Å². The molecule has 0 bridgehead atoms. The molecule has 0 fully saturated rings. The Hall–Kier alpha value is -1.62. The highest BCUT2D eigenvalue weighted by Crippen LogP contribution is 2.16. The number of nitro groups is 1. The minimum absolute atomic E-state index is 0.0422. The molecule has 5 nitrogen and oxygen atoms in total. The third-order valence-electron chi connectivity index (χ3n) is 1.66. The van der Waals surface area contributed by atoms with Crippen molar-refractivity contribution in [3.8, 4) is 0 Å². The van der Waals surface area contributed by atoms with Crippen molar-refractivity contribution < 1.29 is 10.0 Å². The Bertz CT molecular complexity index is 326. The van der Waals surface area contributed by atoms with Gasteiger partial charge in [-0.15, -0.1) is 0 Å². The molecule has 0 aliphatic carbocycles. The van der Waals surface area contributed by atoms with Crippen LogP contribution >= 0.6 is 0 Å². The Balaban J connectivity index is 2.69. The van der Waals surface area contributed by atoms with E-state index in [9.17, 15) is 10.1 Å². The van der Waals surface area contributed by atoms with Gasteiger partial charge in [-0.25, -0.2) is 0 Å². The highest BCUT2D eigenvalue weighted by molar-refractivity contribution is 5.50. The summed E-state index contributed by atoms with van der Waals surface area (Å²) < 4.78 is 0. The molecule has 1 unspecified atom stereocenters. The van der Waals surface area contributed by atoms with Crippen molar-refractivity contribution in [2.24, 2.45) is 0 Å². The number of aliphatic hydroxyl groups excluding tert-OH is 1. The fourth-order valence-corrected chi connectivity index (χ4v) is 0.995. The first-order valence-corrected chi connectivity index (χ1v) is 4.26. The van der Waals surface area contributed by atoms with Crippen molar-refractivity contribution >= 4 is 11.4 Å². The van der Waals surface area contributed by atoms with Crippen LogP contribution in [0, 0.1) is 10.1 Å². The van der Waals surface area contributed by atoms with Crippen LogP contribution in [-0.4, -0.2) is 22.7 Å². The third-order valence-corrected chi connectivity index (χ3v) is 1.66. The summed E-state index contributed by atoms with van der Waals surface area (Å²) in [7, 11) is 0. The zero-order valence-electron chi connectivity index (χ0n) is 7.80. The molecular weight excluding hydrogens is 184 g/mol. The van der Waals surface area contributed by atoms with Crippen LogP contribution in [0.5, 0.6) is 0 Å². The lowest BCUT2D eigenvalue weighted by atomic mass is 10.2. The van der Waals surface area contributed by atoms with Gasteiger partial charge < -0.3 is 10.4 Å². The molecule has 0 heterocycles. The van der Waals surface area contributed by atoms with Gasteiger partial charge in [0.05, 0.1) is 11.0 Å². The maximum absolute atomic E-state index is 10.4. The van der Waals surface area contributed by atoms with E-state index in [4.69, 9.17) is 5.11 Å². The molecule has 76 valence electrons. The van der Waals surface area contributed by atoms with Crippen molar-refractivity contribution in [2.45, 2.75) is 13.0 Å². The lowest BCUT2D eigenvalue weighted by Crippen LogP contribution is -2.15. The van der Waals surface area contributed by atoms with E-state index in [-0.39, 0.29) is 5.69 Å². The van der Waals surface area contributed by atoms with Crippen molar-refractivity contribution in [2.75, 3.05) is 11.9 Å². The van der Waals surface area contributed by atoms with Crippen molar-refractivity contribution in [1.29, 1.82) is 0 Å². The lowest BCUT2D eigenvalue weighted by Gasteiger charge is -2.07. The predicted octanol–water partition coefficient (Wildman–Crippen LogP) is 1.39. The maximum Gasteiger partial charge on any atom is 0.271 e. The lowest BCUT2D eigenvalue weighted by molar-refractivity contribution is -0.384. The van der Waals surface area contributed by atoms with Crippen LogP contribution in [0.2, 0.25) is 0 Å². The van der Waals surface area contributed by atoms with E-state index < -0.39 is 11.0 Å². The second-order valence-electron chi connectivity index (χ2n) is 3.04. The maximum atomic E-state index is 10.4. The molecule has 0 saturated heterocycles. The SMILES string of the molecule is CC(O)CNc1cccc([N+](=O)[O-])c1. The van der Waals surface area contributed by atoms with Crippen molar-refractivity contribution in [3.05, 3.63) is 34.4 Å². The quantitative estimate of drug-likeness (QED) is 0.563. The molecule has 0 aromatic heterocycles. The highest BCUT2D eigenvalue weighted by Gasteiger charge is 2.05. The number of non-ortho nitro benzene ring substituents is 1. The summed E-state index contributed by atoms with van der Waals surface area (Å²) >= 11 is 0. The molecule has 0 spiro atoms. The molecule has 1 atom stereocenters. The molecule has 1 aromatic carbocycles. The Morgan fingerprint density at radius 1 is 1.64 bits per heavy atom. The molecule has 0 amide bonds. The number of nitro benzene ring substituents is 1. The molecule has 0 aliphatic rings. The Morgan fingerprint density at radius 3 is 2.93 bits per heavy atom. The summed E-state index contributed by atoms with van der Waals surface area (Å²) in [5, 5.41) is 22.3. The molecule has 5 heteroatoms. The van der Waals surface area contributed by atoms with Gasteiger partial charge in [0, 0.05) is 24.4 Å². The summed E-state index contributed by atoms with van der Waals surface area (Å²) in [5.41, 5.74) is 0.681. The topological polar surface area (TPSA) is 75.4 Å². The third kappa shape index (κ3) is 3.02. The van der Waals surface area contributed by atoms with Crippen LogP contribution < -0.4 is 5.32 Å². The van der Waals surface area contributed by atoms with Crippen molar-refractivity contribution in [1.82, 2.24) is 0 Å². The van der Waals surface area contributed by atoms with E-state index in [1.54, 1.807) is 19.1 Å². The molecule has 1 aromatic rings. The molecular formula is C9H12N2O3. The number of nitrogens with one attached hydrogen (secondary N) is 1. The van der Waals surface area contributed by atoms with Crippen LogP contribution in [0.4, 0.5) is 11.4 Å². The second kappa shape index (κ2) is 4.57. The van der Waals surface area contributed by atoms with Gasteiger partial charge in [-0.2, -0.15) is 0 Å². The summed E-state index contributed by atoms with van der Waals surface area (Å²) in [6, 6.07) is 6.17. The average Bonchev–Trinajstić information content (AvgIpc) is 2.15. The van der Waals surface area contributed by atoms with Crippen LogP contribution in [-0.2, 0) is 0 Å². The van der Waals surface area contributed by atoms with E-state index in [1.807, 2.05) is 0 Å². The van der Waals surface area contributed by atoms with E-state index >= 15 is 0 Å². The van der Waals surface area contributed by atoms with Gasteiger partial charge in [-0.05, 0) is 13.0 Å². The van der Waals surface area contributed by atoms with E-state index in [2.05, 4.69) is 5.32 Å². The average molecular weight is 196 g/mol. The normalized spacial score (nSPS) is 12.1. The van der Waals surface area contributed by atoms with Crippen LogP contribution in [0.1, 0.15) is 6.92 Å². The number of rotatable bonds is 4. The van der Waals surface area contributed by atoms with Crippen molar-refractivity contribution in [3.63, 3.8) is 0 Å². The van der Waals surface area contributed by atoms with E-state index in [1.165, 1.54) is 12.1 Å². The summed E-state index contributed by atoms with van der Waals surface area (Å²) in [6.45, 7) is 2.02. The van der Waals surface area contributed by atoms with Gasteiger partial charge >= 0.3 is 0 Å². The first kappa shape index (κ1) is 10.5. The second-order valence-corrected chi connectivity index (χ2v) is 3.04. The van der Waals surface area contributed by atoms with Gasteiger partial charge in [-0.1, -0.05) is 6.07 Å². The zero-order valence-corrected chi connectivity index (χ0v) is 7.80. The largest absolute Gasteiger partial charge is 0.392 e. The minimum atomic E-state index is -0.478. The first-order chi connectivity index (χ1) is 6.59. The molecule has 0 saturated carbocycles. The van der Waals surface area contributed by atoms with Gasteiger partial charge in [0.2, 0.25) is 0 Å². The number of benzene rings is 1. The number of hydrogen-bond donors (Lipinski definition) is 2. The molecule has 14 heavy (non-hydrogen) atoms. The summed E-state index contributed by atoms with van der Waals surface area (Å²) in [4.78, 5) is 9.97. The van der Waals surface area contributed by atoms with Crippen LogP contribution in [0.25, 0.3) is 0 Å². The first-order valence-electron chi connectivity index (χ1n) is 4.26. The van der Waals surface area contributed by atoms with Gasteiger partial charge in [0.1, 0.15) is 0 Å². The number of aliphatic hydroxyl groups is 1. The van der Waals surface area contributed by atoms with E-state index in [0.29, 0.717) is 12.2 Å². The highest BCUT2D eigenvalue weighted by atomic mass is 16.6. The predicted molar refractivity (Wildman–Crippen MR) is 53.3 cm³/mol. The number of nitrogens with zero attached hydrogens (tertiary/aromatic N) is 1. The monoisotopic (exact) mass is 196 g/mol. The van der Waals surface area contributed by atoms with Gasteiger partial charge in [0.25, 0.3) is 5.69 Å². The fourth-order valence-electron chi connectivity index (χ4n) is 0.995.